The monoisotopic (exact) mass is 268 g/mol. The molecule has 1 saturated carbocycles. The Hall–Kier alpha value is -1.10. The van der Waals surface area contributed by atoms with E-state index >= 15 is 0 Å². The first-order chi connectivity index (χ1) is 8.45. The minimum Gasteiger partial charge on any atom is -0.381 e. The highest BCUT2D eigenvalue weighted by atomic mass is 32.2. The average Bonchev–Trinajstić information content (AvgIpc) is 2.32. The fraction of sp³-hybridized carbons (Fsp3) is 0.615. The molecule has 1 fully saturated rings. The fourth-order valence-corrected chi connectivity index (χ4v) is 2.88. The average molecular weight is 268 g/mol. The number of pyridine rings is 1. The van der Waals surface area contributed by atoms with Crippen LogP contribution >= 0.6 is 0 Å². The molecule has 1 N–H and O–H groups in total. The summed E-state index contributed by atoms with van der Waals surface area (Å²) in [5.74, 6) is 0.828. The molecule has 1 heterocycles. The van der Waals surface area contributed by atoms with Crippen LogP contribution in [0.5, 0.6) is 0 Å². The maximum absolute atomic E-state index is 11.3. The molecule has 1 aromatic rings. The van der Waals surface area contributed by atoms with Crippen molar-refractivity contribution in [1.82, 2.24) is 4.98 Å². The fourth-order valence-electron chi connectivity index (χ4n) is 2.33. The van der Waals surface area contributed by atoms with Crippen molar-refractivity contribution in [2.24, 2.45) is 5.92 Å². The molecule has 100 valence electrons. The summed E-state index contributed by atoms with van der Waals surface area (Å²) in [6.07, 6.45) is 7.64. The molecule has 0 spiro atoms. The molecule has 4 nitrogen and oxygen atoms in total. The van der Waals surface area contributed by atoms with Gasteiger partial charge in [-0.25, -0.2) is 13.4 Å². The number of rotatable bonds is 3. The van der Waals surface area contributed by atoms with Crippen LogP contribution in [0.2, 0.25) is 0 Å². The van der Waals surface area contributed by atoms with Crippen molar-refractivity contribution in [1.29, 1.82) is 0 Å². The summed E-state index contributed by atoms with van der Waals surface area (Å²) in [4.78, 5) is 3.98. The highest BCUT2D eigenvalue weighted by Gasteiger charge is 2.18. The summed E-state index contributed by atoms with van der Waals surface area (Å²) in [7, 11) is -3.20. The molecule has 0 aliphatic heterocycles. The molecule has 0 atom stereocenters. The lowest BCUT2D eigenvalue weighted by Gasteiger charge is -2.27. The second kappa shape index (κ2) is 5.26. The number of sulfone groups is 1. The van der Waals surface area contributed by atoms with Crippen molar-refractivity contribution in [2.75, 3.05) is 11.6 Å². The zero-order valence-electron chi connectivity index (χ0n) is 10.9. The van der Waals surface area contributed by atoms with Gasteiger partial charge in [-0.2, -0.15) is 0 Å². The van der Waals surface area contributed by atoms with E-state index in [0.29, 0.717) is 6.04 Å². The Morgan fingerprint density at radius 1 is 1.22 bits per heavy atom. The van der Waals surface area contributed by atoms with Gasteiger partial charge in [0.15, 0.2) is 14.9 Å². The molecule has 1 aromatic heterocycles. The van der Waals surface area contributed by atoms with Gasteiger partial charge in [0.1, 0.15) is 0 Å². The molecule has 0 unspecified atom stereocenters. The first-order valence-corrected chi connectivity index (χ1v) is 8.27. The minimum absolute atomic E-state index is 0.130. The third kappa shape index (κ3) is 3.45. The topological polar surface area (TPSA) is 59.1 Å². The number of hydrogen-bond donors (Lipinski definition) is 1. The van der Waals surface area contributed by atoms with Crippen LogP contribution < -0.4 is 5.32 Å². The lowest BCUT2D eigenvalue weighted by atomic mass is 9.87. The SMILES string of the molecule is CC1CCC(Nc2ccc(S(C)(=O)=O)nc2)CC1. The van der Waals surface area contributed by atoms with E-state index in [-0.39, 0.29) is 5.03 Å². The quantitative estimate of drug-likeness (QED) is 0.915. The van der Waals surface area contributed by atoms with Gasteiger partial charge in [-0.05, 0) is 43.7 Å². The van der Waals surface area contributed by atoms with Crippen LogP contribution in [0.15, 0.2) is 23.4 Å². The number of aromatic nitrogens is 1. The summed E-state index contributed by atoms with van der Waals surface area (Å²) in [6, 6.07) is 3.84. The Kier molecular flexibility index (Phi) is 3.90. The number of nitrogens with one attached hydrogen (secondary N) is 1. The summed E-state index contributed by atoms with van der Waals surface area (Å²) in [5, 5.41) is 3.55. The molecule has 0 saturated heterocycles. The van der Waals surface area contributed by atoms with Crippen molar-refractivity contribution in [2.45, 2.75) is 43.7 Å². The summed E-state index contributed by atoms with van der Waals surface area (Å²) in [6.45, 7) is 2.29. The molecule has 2 rings (SSSR count). The van der Waals surface area contributed by atoms with Gasteiger partial charge in [0, 0.05) is 12.3 Å². The van der Waals surface area contributed by atoms with E-state index in [0.717, 1.165) is 11.6 Å². The highest BCUT2D eigenvalue weighted by Crippen LogP contribution is 2.25. The van der Waals surface area contributed by atoms with Crippen molar-refractivity contribution in [3.05, 3.63) is 18.3 Å². The van der Waals surface area contributed by atoms with Gasteiger partial charge in [-0.1, -0.05) is 6.92 Å². The molecule has 1 aliphatic rings. The van der Waals surface area contributed by atoms with Gasteiger partial charge in [-0.15, -0.1) is 0 Å². The molecular formula is C13H20N2O2S. The molecular weight excluding hydrogens is 248 g/mol. The Morgan fingerprint density at radius 2 is 1.89 bits per heavy atom. The number of anilines is 1. The lowest BCUT2D eigenvalue weighted by Crippen LogP contribution is -2.25. The van der Waals surface area contributed by atoms with Gasteiger partial charge in [0.05, 0.1) is 11.9 Å². The number of nitrogens with zero attached hydrogens (tertiary/aromatic N) is 1. The van der Waals surface area contributed by atoms with E-state index in [1.807, 2.05) is 0 Å². The van der Waals surface area contributed by atoms with Gasteiger partial charge in [0.25, 0.3) is 0 Å². The molecule has 5 heteroatoms. The zero-order chi connectivity index (χ0) is 13.2. The normalized spacial score (nSPS) is 24.8. The second-order valence-electron chi connectivity index (χ2n) is 5.26. The Morgan fingerprint density at radius 3 is 2.39 bits per heavy atom. The van der Waals surface area contributed by atoms with Crippen molar-refractivity contribution >= 4 is 15.5 Å². The van der Waals surface area contributed by atoms with Gasteiger partial charge >= 0.3 is 0 Å². The Labute approximate surface area is 109 Å². The molecule has 0 radical (unpaired) electrons. The highest BCUT2D eigenvalue weighted by molar-refractivity contribution is 7.90. The smallest absolute Gasteiger partial charge is 0.192 e. The van der Waals surface area contributed by atoms with Crippen LogP contribution in [0.3, 0.4) is 0 Å². The zero-order valence-corrected chi connectivity index (χ0v) is 11.7. The molecule has 0 aromatic carbocycles. The molecule has 1 aliphatic carbocycles. The van der Waals surface area contributed by atoms with Crippen LogP contribution in [0, 0.1) is 5.92 Å². The van der Waals surface area contributed by atoms with Gasteiger partial charge in [0.2, 0.25) is 0 Å². The van der Waals surface area contributed by atoms with Crippen LogP contribution in [-0.4, -0.2) is 25.7 Å². The third-order valence-electron chi connectivity index (χ3n) is 3.50. The van der Waals surface area contributed by atoms with Gasteiger partial charge in [-0.3, -0.25) is 0 Å². The first kappa shape index (κ1) is 13.3. The summed E-state index contributed by atoms with van der Waals surface area (Å²) in [5.41, 5.74) is 0.905. The minimum atomic E-state index is -3.20. The maximum atomic E-state index is 11.3. The largest absolute Gasteiger partial charge is 0.381 e. The van der Waals surface area contributed by atoms with Crippen molar-refractivity contribution in [3.8, 4) is 0 Å². The molecule has 18 heavy (non-hydrogen) atoms. The predicted molar refractivity (Wildman–Crippen MR) is 72.4 cm³/mol. The lowest BCUT2D eigenvalue weighted by molar-refractivity contribution is 0.361. The van der Waals surface area contributed by atoms with Crippen LogP contribution in [0.1, 0.15) is 32.6 Å². The van der Waals surface area contributed by atoms with Crippen molar-refractivity contribution < 1.29 is 8.42 Å². The standard InChI is InChI=1S/C13H20N2O2S/c1-10-3-5-11(6-4-10)15-12-7-8-13(14-9-12)18(2,16)17/h7-11,15H,3-6H2,1-2H3. The van der Waals surface area contributed by atoms with E-state index < -0.39 is 9.84 Å². The Balaban J connectivity index is 1.98. The predicted octanol–water partition coefficient (Wildman–Crippen LogP) is 2.48. The van der Waals surface area contributed by atoms with E-state index in [1.165, 1.54) is 31.9 Å². The second-order valence-corrected chi connectivity index (χ2v) is 7.22. The van der Waals surface area contributed by atoms with Crippen LogP contribution in [-0.2, 0) is 9.84 Å². The Bertz CT molecular complexity index is 488. The number of hydrogen-bond acceptors (Lipinski definition) is 4. The third-order valence-corrected chi connectivity index (χ3v) is 4.50. The van der Waals surface area contributed by atoms with Gasteiger partial charge < -0.3 is 5.32 Å². The van der Waals surface area contributed by atoms with E-state index in [2.05, 4.69) is 17.2 Å². The van der Waals surface area contributed by atoms with Crippen LogP contribution in [0.4, 0.5) is 5.69 Å². The summed E-state index contributed by atoms with van der Waals surface area (Å²) < 4.78 is 22.6. The molecule has 0 amide bonds. The maximum Gasteiger partial charge on any atom is 0.192 e. The van der Waals surface area contributed by atoms with E-state index in [9.17, 15) is 8.42 Å². The summed E-state index contributed by atoms with van der Waals surface area (Å²) >= 11 is 0. The van der Waals surface area contributed by atoms with Crippen molar-refractivity contribution in [3.63, 3.8) is 0 Å². The van der Waals surface area contributed by atoms with E-state index in [1.54, 1.807) is 18.3 Å². The van der Waals surface area contributed by atoms with E-state index in [4.69, 9.17) is 0 Å². The first-order valence-electron chi connectivity index (χ1n) is 6.38. The molecule has 0 bridgehead atoms. The van der Waals surface area contributed by atoms with Crippen LogP contribution in [0.25, 0.3) is 0 Å².